The van der Waals surface area contributed by atoms with E-state index in [0.29, 0.717) is 24.1 Å². The van der Waals surface area contributed by atoms with Gasteiger partial charge in [0.05, 0.1) is 5.56 Å². The number of likely N-dealkylation sites (tertiary alicyclic amines) is 1. The van der Waals surface area contributed by atoms with Crippen LogP contribution in [0.25, 0.3) is 0 Å². The Balaban J connectivity index is 1.42. The highest BCUT2D eigenvalue weighted by Crippen LogP contribution is 2.43. The van der Waals surface area contributed by atoms with E-state index in [0.717, 1.165) is 19.0 Å². The molecule has 1 spiro atoms. The van der Waals surface area contributed by atoms with Gasteiger partial charge in [-0.05, 0) is 36.8 Å². The third kappa shape index (κ3) is 4.50. The van der Waals surface area contributed by atoms with Gasteiger partial charge in [-0.2, -0.15) is 0 Å². The maximum Gasteiger partial charge on any atom is 0.252 e. The molecule has 0 aromatic carbocycles. The number of nitrogens with one attached hydrogen (secondary N) is 2. The van der Waals surface area contributed by atoms with Crippen molar-refractivity contribution in [2.24, 2.45) is 10.4 Å². The molecule has 2 N–H and O–H groups in total. The summed E-state index contributed by atoms with van der Waals surface area (Å²) >= 11 is 0. The van der Waals surface area contributed by atoms with E-state index in [1.165, 1.54) is 38.5 Å². The summed E-state index contributed by atoms with van der Waals surface area (Å²) in [5, 5.41) is 6.30. The largest absolute Gasteiger partial charge is 0.354 e. The number of guanidine groups is 1. The summed E-state index contributed by atoms with van der Waals surface area (Å²) in [5.74, 6) is 0.866. The minimum atomic E-state index is -0.0905. The van der Waals surface area contributed by atoms with E-state index in [1.54, 1.807) is 24.5 Å². The van der Waals surface area contributed by atoms with Crippen LogP contribution in [0.3, 0.4) is 0 Å². The number of amides is 1. The number of hydrogen-bond acceptors (Lipinski definition) is 3. The maximum absolute atomic E-state index is 12.0. The van der Waals surface area contributed by atoms with Gasteiger partial charge in [0.25, 0.3) is 5.91 Å². The number of carbonyl (C=O) groups is 1. The van der Waals surface area contributed by atoms with E-state index >= 15 is 0 Å². The molecule has 1 aliphatic heterocycles. The SMILES string of the molecule is CN=C(NCCNC(=O)c1cccnc1)N1CCC2(CCCCC2)C1. The molecule has 2 heterocycles. The van der Waals surface area contributed by atoms with Crippen LogP contribution < -0.4 is 10.6 Å². The summed E-state index contributed by atoms with van der Waals surface area (Å²) in [6.07, 6.45) is 11.4. The summed E-state index contributed by atoms with van der Waals surface area (Å²) in [6, 6.07) is 3.53. The number of hydrogen-bond donors (Lipinski definition) is 2. The van der Waals surface area contributed by atoms with Crippen LogP contribution in [0.2, 0.25) is 0 Å². The molecule has 1 aliphatic carbocycles. The predicted octanol–water partition coefficient (Wildman–Crippen LogP) is 2.04. The molecule has 1 saturated heterocycles. The first-order chi connectivity index (χ1) is 12.2. The van der Waals surface area contributed by atoms with Gasteiger partial charge in [-0.1, -0.05) is 19.3 Å². The minimum absolute atomic E-state index is 0.0905. The van der Waals surface area contributed by atoms with Crippen LogP contribution in [0.5, 0.6) is 0 Å². The van der Waals surface area contributed by atoms with Gasteiger partial charge in [0.2, 0.25) is 0 Å². The van der Waals surface area contributed by atoms with E-state index in [2.05, 4.69) is 25.5 Å². The molecule has 136 valence electrons. The van der Waals surface area contributed by atoms with Crippen molar-refractivity contribution in [3.63, 3.8) is 0 Å². The van der Waals surface area contributed by atoms with E-state index < -0.39 is 0 Å². The first-order valence-corrected chi connectivity index (χ1v) is 9.36. The number of rotatable bonds is 4. The second-order valence-corrected chi connectivity index (χ2v) is 7.20. The van der Waals surface area contributed by atoms with Crippen molar-refractivity contribution >= 4 is 11.9 Å². The maximum atomic E-state index is 12.0. The van der Waals surface area contributed by atoms with Crippen molar-refractivity contribution in [3.05, 3.63) is 30.1 Å². The van der Waals surface area contributed by atoms with Gasteiger partial charge in [0.15, 0.2) is 5.96 Å². The quantitative estimate of drug-likeness (QED) is 0.499. The smallest absolute Gasteiger partial charge is 0.252 e. The zero-order valence-corrected chi connectivity index (χ0v) is 15.1. The summed E-state index contributed by atoms with van der Waals surface area (Å²) in [7, 11) is 1.84. The predicted molar refractivity (Wildman–Crippen MR) is 99.6 cm³/mol. The zero-order chi connectivity index (χ0) is 17.5. The fourth-order valence-corrected chi connectivity index (χ4v) is 4.11. The fraction of sp³-hybridized carbons (Fsp3) is 0.632. The van der Waals surface area contributed by atoms with Gasteiger partial charge in [0, 0.05) is 45.6 Å². The van der Waals surface area contributed by atoms with Gasteiger partial charge in [-0.15, -0.1) is 0 Å². The van der Waals surface area contributed by atoms with Crippen LogP contribution in [0.15, 0.2) is 29.5 Å². The van der Waals surface area contributed by atoms with Crippen molar-refractivity contribution < 1.29 is 4.79 Å². The molecule has 6 heteroatoms. The molecule has 2 fully saturated rings. The van der Waals surface area contributed by atoms with E-state index in [9.17, 15) is 4.79 Å². The van der Waals surface area contributed by atoms with Gasteiger partial charge in [-0.3, -0.25) is 14.8 Å². The lowest BCUT2D eigenvalue weighted by atomic mass is 9.73. The molecule has 1 aromatic heterocycles. The summed E-state index contributed by atoms with van der Waals surface area (Å²) < 4.78 is 0. The zero-order valence-electron chi connectivity index (χ0n) is 15.1. The third-order valence-electron chi connectivity index (χ3n) is 5.48. The van der Waals surface area contributed by atoms with Crippen LogP contribution in [-0.4, -0.2) is 55.0 Å². The highest BCUT2D eigenvalue weighted by Gasteiger charge is 2.39. The van der Waals surface area contributed by atoms with Crippen LogP contribution in [0.1, 0.15) is 48.9 Å². The van der Waals surface area contributed by atoms with Crippen LogP contribution in [-0.2, 0) is 0 Å². The van der Waals surface area contributed by atoms with Crippen molar-refractivity contribution in [2.75, 3.05) is 33.2 Å². The molecule has 0 unspecified atom stereocenters. The van der Waals surface area contributed by atoms with Crippen LogP contribution in [0.4, 0.5) is 0 Å². The number of nitrogens with zero attached hydrogens (tertiary/aromatic N) is 3. The Morgan fingerprint density at radius 3 is 2.76 bits per heavy atom. The number of aliphatic imine (C=N–C) groups is 1. The van der Waals surface area contributed by atoms with Gasteiger partial charge in [0.1, 0.15) is 0 Å². The molecule has 6 nitrogen and oxygen atoms in total. The van der Waals surface area contributed by atoms with Crippen molar-refractivity contribution in [1.82, 2.24) is 20.5 Å². The topological polar surface area (TPSA) is 69.6 Å². The average molecular weight is 343 g/mol. The number of pyridine rings is 1. The molecule has 2 aliphatic rings. The molecule has 0 atom stereocenters. The summed E-state index contributed by atoms with van der Waals surface area (Å²) in [6.45, 7) is 3.43. The van der Waals surface area contributed by atoms with Gasteiger partial charge in [-0.25, -0.2) is 0 Å². The number of carbonyl (C=O) groups excluding carboxylic acids is 1. The monoisotopic (exact) mass is 343 g/mol. The second-order valence-electron chi connectivity index (χ2n) is 7.20. The Bertz CT molecular complexity index is 595. The molecule has 1 saturated carbocycles. The normalized spacial score (nSPS) is 19.9. The van der Waals surface area contributed by atoms with Crippen LogP contribution in [0, 0.1) is 5.41 Å². The fourth-order valence-electron chi connectivity index (χ4n) is 4.11. The van der Waals surface area contributed by atoms with E-state index in [1.807, 2.05) is 7.05 Å². The highest BCUT2D eigenvalue weighted by atomic mass is 16.1. The van der Waals surface area contributed by atoms with E-state index in [4.69, 9.17) is 0 Å². The molecule has 3 rings (SSSR count). The van der Waals surface area contributed by atoms with Crippen LogP contribution >= 0.6 is 0 Å². The molecule has 25 heavy (non-hydrogen) atoms. The lowest BCUT2D eigenvalue weighted by molar-refractivity contribution is 0.0954. The Morgan fingerprint density at radius 2 is 2.04 bits per heavy atom. The molecule has 1 aromatic rings. The summed E-state index contributed by atoms with van der Waals surface area (Å²) in [4.78, 5) is 22.8. The van der Waals surface area contributed by atoms with Gasteiger partial charge >= 0.3 is 0 Å². The molecule has 1 amide bonds. The first-order valence-electron chi connectivity index (χ1n) is 9.36. The molecular weight excluding hydrogens is 314 g/mol. The van der Waals surface area contributed by atoms with Crippen molar-refractivity contribution in [1.29, 1.82) is 0 Å². The Hall–Kier alpha value is -2.11. The lowest BCUT2D eigenvalue weighted by Gasteiger charge is -2.33. The molecular formula is C19H29N5O. The second kappa shape index (κ2) is 8.32. The highest BCUT2D eigenvalue weighted by molar-refractivity contribution is 5.93. The van der Waals surface area contributed by atoms with Crippen molar-refractivity contribution in [2.45, 2.75) is 38.5 Å². The average Bonchev–Trinajstić information content (AvgIpc) is 3.06. The Kier molecular flexibility index (Phi) is 5.89. The standard InChI is InChI=1S/C19H29N5O/c1-20-18(24-13-9-19(15-24)7-3-2-4-8-19)23-12-11-22-17(25)16-6-5-10-21-14-16/h5-6,10,14H,2-4,7-9,11-13,15H2,1H3,(H,20,23)(H,22,25). The van der Waals surface area contributed by atoms with Gasteiger partial charge < -0.3 is 15.5 Å². The van der Waals surface area contributed by atoms with Crippen molar-refractivity contribution in [3.8, 4) is 0 Å². The first kappa shape index (κ1) is 17.7. The summed E-state index contributed by atoms with van der Waals surface area (Å²) in [5.41, 5.74) is 1.11. The Labute approximate surface area is 150 Å². The molecule has 0 radical (unpaired) electrons. The van der Waals surface area contributed by atoms with E-state index in [-0.39, 0.29) is 5.91 Å². The lowest BCUT2D eigenvalue weighted by Crippen LogP contribution is -2.44. The third-order valence-corrected chi connectivity index (χ3v) is 5.48. The molecule has 0 bridgehead atoms. The minimum Gasteiger partial charge on any atom is -0.354 e. The Morgan fingerprint density at radius 1 is 1.24 bits per heavy atom. The number of aromatic nitrogens is 1.